The monoisotopic (exact) mass is 534 g/mol. The molecule has 2 heterocycles. The maximum absolute atomic E-state index is 14.2. The number of carbonyl (C=O) groups excluding carboxylic acids is 3. The average Bonchev–Trinajstić information content (AvgIpc) is 3.60. The van der Waals surface area contributed by atoms with Crippen LogP contribution >= 0.6 is 0 Å². The van der Waals surface area contributed by atoms with Gasteiger partial charge in [-0.1, -0.05) is 6.08 Å². The van der Waals surface area contributed by atoms with E-state index in [1.54, 1.807) is 41.6 Å². The van der Waals surface area contributed by atoms with Gasteiger partial charge >= 0.3 is 0 Å². The third kappa shape index (κ3) is 5.97. The highest BCUT2D eigenvalue weighted by atomic mass is 19.1. The number of hydrogen-bond acceptors (Lipinski definition) is 8. The van der Waals surface area contributed by atoms with Crippen LogP contribution in [0.3, 0.4) is 0 Å². The minimum absolute atomic E-state index is 0.00719. The van der Waals surface area contributed by atoms with Crippen molar-refractivity contribution < 1.29 is 23.5 Å². The number of halogens is 1. The normalized spacial score (nSPS) is 23.3. The molecular formula is C28H31FN6O4. The number of hydrogen-bond donors (Lipinski definition) is 3. The molecule has 4 atom stereocenters. The molecule has 2 aliphatic carbocycles. The lowest BCUT2D eigenvalue weighted by Crippen LogP contribution is -2.52. The Morgan fingerprint density at radius 3 is 2.74 bits per heavy atom. The molecule has 0 radical (unpaired) electrons. The summed E-state index contributed by atoms with van der Waals surface area (Å²) in [7, 11) is 0. The number of aromatic nitrogens is 2. The average molecular weight is 535 g/mol. The molecule has 3 aliphatic rings. The molecule has 10 nitrogen and oxygen atoms in total. The molecule has 0 spiro atoms. The Hall–Kier alpha value is -4.15. The van der Waals surface area contributed by atoms with Crippen LogP contribution in [-0.2, 0) is 21.0 Å². The third-order valence-corrected chi connectivity index (χ3v) is 7.41. The lowest BCUT2D eigenvalue weighted by Gasteiger charge is -2.29. The Morgan fingerprint density at radius 2 is 2.00 bits per heavy atom. The largest absolute Gasteiger partial charge is 0.486 e. The highest BCUT2D eigenvalue weighted by Gasteiger charge is 2.56. The molecule has 1 unspecified atom stereocenters. The van der Waals surface area contributed by atoms with Crippen LogP contribution in [0.15, 0.2) is 48.6 Å². The molecule has 5 rings (SSSR count). The van der Waals surface area contributed by atoms with E-state index in [0.29, 0.717) is 42.1 Å². The summed E-state index contributed by atoms with van der Waals surface area (Å²) in [6.07, 6.45) is 8.17. The summed E-state index contributed by atoms with van der Waals surface area (Å²) >= 11 is 0. The lowest BCUT2D eigenvalue weighted by molar-refractivity contribution is -0.138. The van der Waals surface area contributed by atoms with Crippen LogP contribution in [0, 0.1) is 11.3 Å². The summed E-state index contributed by atoms with van der Waals surface area (Å²) in [5.41, 5.74) is 0.491. The van der Waals surface area contributed by atoms with Crippen molar-refractivity contribution in [1.82, 2.24) is 20.2 Å². The summed E-state index contributed by atoms with van der Waals surface area (Å²) in [5.74, 6) is -0.159. The molecule has 1 saturated carbocycles. The van der Waals surface area contributed by atoms with E-state index in [0.717, 1.165) is 12.8 Å². The topological polar surface area (TPSA) is 137 Å². The molecular weight excluding hydrogens is 503 g/mol. The fourth-order valence-corrected chi connectivity index (χ4v) is 5.28. The van der Waals surface area contributed by atoms with E-state index in [9.17, 15) is 18.8 Å². The van der Waals surface area contributed by atoms with Crippen molar-refractivity contribution in [3.8, 4) is 5.75 Å². The van der Waals surface area contributed by atoms with Gasteiger partial charge in [0.05, 0.1) is 12.6 Å². The van der Waals surface area contributed by atoms with Gasteiger partial charge in [0, 0.05) is 36.6 Å². The Bertz CT molecular complexity index is 1320. The fraction of sp³-hybridized carbons (Fsp3) is 0.429. The number of fused-ring (bicyclic) bond motifs is 1. The molecule has 204 valence electrons. The molecule has 2 aromatic rings. The second-order valence-electron chi connectivity index (χ2n) is 10.1. The van der Waals surface area contributed by atoms with Gasteiger partial charge in [0.2, 0.25) is 11.8 Å². The van der Waals surface area contributed by atoms with E-state index < -0.39 is 17.9 Å². The van der Waals surface area contributed by atoms with Gasteiger partial charge in [-0.3, -0.25) is 19.8 Å². The van der Waals surface area contributed by atoms with Crippen molar-refractivity contribution in [3.05, 3.63) is 59.9 Å². The number of nitrogens with one attached hydrogen (secondary N) is 3. The summed E-state index contributed by atoms with van der Waals surface area (Å²) in [5, 5.41) is 14.1. The number of likely N-dealkylation sites (tertiary alicyclic amines) is 1. The van der Waals surface area contributed by atoms with Gasteiger partial charge in [0.25, 0.3) is 0 Å². The van der Waals surface area contributed by atoms with E-state index in [1.165, 1.54) is 13.0 Å². The van der Waals surface area contributed by atoms with E-state index in [-0.39, 0.29) is 48.5 Å². The number of amides is 2. The molecule has 3 N–H and O–H groups in total. The summed E-state index contributed by atoms with van der Waals surface area (Å²) in [4.78, 5) is 48.2. The fourth-order valence-electron chi connectivity index (χ4n) is 5.28. The Kier molecular flexibility index (Phi) is 7.67. The standard InChI is InChI=1S/C28H31FN6O4/c1-16(36)27(30)19-13-18(39-15-25-31-9-4-10-32-25)7-8-21(19)33-14-26(37)35-23-11-17(23)12-24(35)28(38)34-22-6-3-2-5-20(22)29/h4-5,7-10,13,17,22-24,30,33H,2-3,6,11-12,14-15H2,1H3,(H,34,38)/t17-,22?,23-,24+/m1/s1. The van der Waals surface area contributed by atoms with Crippen LogP contribution in [0.2, 0.25) is 0 Å². The molecule has 2 fully saturated rings. The molecule has 1 saturated heterocycles. The molecule has 11 heteroatoms. The van der Waals surface area contributed by atoms with Gasteiger partial charge in [-0.25, -0.2) is 14.4 Å². The van der Waals surface area contributed by atoms with Crippen molar-refractivity contribution in [1.29, 1.82) is 5.41 Å². The summed E-state index contributed by atoms with van der Waals surface area (Å²) < 4.78 is 19.9. The van der Waals surface area contributed by atoms with Crippen LogP contribution in [0.25, 0.3) is 0 Å². The first kappa shape index (κ1) is 26.5. The second kappa shape index (κ2) is 11.3. The lowest BCUT2D eigenvalue weighted by atomic mass is 10.0. The van der Waals surface area contributed by atoms with Crippen LogP contribution in [0.1, 0.15) is 50.4 Å². The van der Waals surface area contributed by atoms with Crippen molar-refractivity contribution in [2.24, 2.45) is 5.92 Å². The van der Waals surface area contributed by atoms with E-state index in [1.807, 2.05) is 0 Å². The van der Waals surface area contributed by atoms with Crippen molar-refractivity contribution in [2.75, 3.05) is 11.9 Å². The van der Waals surface area contributed by atoms with Gasteiger partial charge in [0.15, 0.2) is 11.6 Å². The van der Waals surface area contributed by atoms with Crippen molar-refractivity contribution >= 4 is 29.0 Å². The molecule has 0 bridgehead atoms. The van der Waals surface area contributed by atoms with Gasteiger partial charge in [0.1, 0.15) is 29.9 Å². The zero-order valence-electron chi connectivity index (χ0n) is 21.7. The van der Waals surface area contributed by atoms with Crippen LogP contribution < -0.4 is 15.4 Å². The Labute approximate surface area is 225 Å². The van der Waals surface area contributed by atoms with Gasteiger partial charge in [-0.15, -0.1) is 0 Å². The first-order valence-electron chi connectivity index (χ1n) is 13.2. The Balaban J connectivity index is 1.25. The number of benzene rings is 1. The number of ketones is 1. The van der Waals surface area contributed by atoms with Crippen molar-refractivity contribution in [2.45, 2.75) is 63.8 Å². The van der Waals surface area contributed by atoms with Crippen LogP contribution in [0.4, 0.5) is 10.1 Å². The highest BCUT2D eigenvalue weighted by Crippen LogP contribution is 2.48. The molecule has 1 aromatic carbocycles. The SMILES string of the molecule is CC(=O)C(=N)c1cc(OCc2ncccn2)ccc1NCC(=O)N1[C@@H]2C[C@@H]2C[C@H]1C(=O)NC1CCCC=C1F. The number of ether oxygens (including phenoxy) is 1. The zero-order valence-corrected chi connectivity index (χ0v) is 21.7. The quantitative estimate of drug-likeness (QED) is 0.399. The third-order valence-electron chi connectivity index (χ3n) is 7.41. The number of piperidine rings is 1. The minimum atomic E-state index is -0.635. The first-order chi connectivity index (χ1) is 18.8. The van der Waals surface area contributed by atoms with Gasteiger partial charge in [-0.2, -0.15) is 0 Å². The minimum Gasteiger partial charge on any atom is -0.486 e. The number of anilines is 1. The predicted octanol–water partition coefficient (Wildman–Crippen LogP) is 2.94. The van der Waals surface area contributed by atoms with Crippen molar-refractivity contribution in [3.63, 3.8) is 0 Å². The van der Waals surface area contributed by atoms with Gasteiger partial charge < -0.3 is 20.3 Å². The van der Waals surface area contributed by atoms with E-state index >= 15 is 0 Å². The number of nitrogens with zero attached hydrogens (tertiary/aromatic N) is 3. The van der Waals surface area contributed by atoms with E-state index in [2.05, 4.69) is 20.6 Å². The van der Waals surface area contributed by atoms with Crippen LogP contribution in [0.5, 0.6) is 5.75 Å². The summed E-state index contributed by atoms with van der Waals surface area (Å²) in [6, 6.07) is 5.32. The summed E-state index contributed by atoms with van der Waals surface area (Å²) in [6.45, 7) is 1.29. The molecule has 1 aromatic heterocycles. The molecule has 39 heavy (non-hydrogen) atoms. The predicted molar refractivity (Wildman–Crippen MR) is 141 cm³/mol. The van der Waals surface area contributed by atoms with Crippen LogP contribution in [-0.4, -0.2) is 62.8 Å². The number of carbonyl (C=O) groups is 3. The number of rotatable bonds is 10. The number of allylic oxidation sites excluding steroid dienone is 1. The smallest absolute Gasteiger partial charge is 0.243 e. The van der Waals surface area contributed by atoms with E-state index in [4.69, 9.17) is 10.1 Å². The highest BCUT2D eigenvalue weighted by molar-refractivity contribution is 6.45. The number of Topliss-reactive ketones (excluding diaryl/α,β-unsaturated/α-hetero) is 1. The van der Waals surface area contributed by atoms with Gasteiger partial charge in [-0.05, 0) is 62.3 Å². The Morgan fingerprint density at radius 1 is 1.21 bits per heavy atom. The maximum atomic E-state index is 14.2. The second-order valence-corrected chi connectivity index (χ2v) is 10.1. The maximum Gasteiger partial charge on any atom is 0.243 e. The molecule has 1 aliphatic heterocycles. The zero-order chi connectivity index (χ0) is 27.5. The molecule has 2 amide bonds. The first-order valence-corrected chi connectivity index (χ1v) is 13.2.